The third kappa shape index (κ3) is 4.09. The van der Waals surface area contributed by atoms with Gasteiger partial charge in [-0.25, -0.2) is 9.82 Å². The van der Waals surface area contributed by atoms with Gasteiger partial charge in [0.2, 0.25) is 5.91 Å². The quantitative estimate of drug-likeness (QED) is 0.720. The standard InChI is InChI=1S/C17H28ClFN4O2/c1-10-5-13(19)4-3-12(10)8-22-7-11(2)23(9-15(22)24)14-6-20-21-17(25)16(14)18/h10-14,16,20H,3-9H2,1-2H3,(H,21,25)/t10?,11-,12?,13?,14?,16?/m1/s1. The molecular weight excluding hydrogens is 347 g/mol. The van der Waals surface area contributed by atoms with Crippen molar-refractivity contribution in [3.05, 3.63) is 0 Å². The van der Waals surface area contributed by atoms with E-state index >= 15 is 0 Å². The molecule has 3 fully saturated rings. The zero-order valence-corrected chi connectivity index (χ0v) is 15.6. The number of hydrogen-bond donors (Lipinski definition) is 2. The van der Waals surface area contributed by atoms with Gasteiger partial charge in [-0.3, -0.25) is 19.9 Å². The van der Waals surface area contributed by atoms with Gasteiger partial charge in [0.15, 0.2) is 0 Å². The van der Waals surface area contributed by atoms with Crippen molar-refractivity contribution in [3.63, 3.8) is 0 Å². The molecule has 5 unspecified atom stereocenters. The van der Waals surface area contributed by atoms with Gasteiger partial charge in [-0.15, -0.1) is 11.6 Å². The van der Waals surface area contributed by atoms with Crippen molar-refractivity contribution in [3.8, 4) is 0 Å². The number of nitrogens with one attached hydrogen (secondary N) is 2. The molecule has 1 aliphatic carbocycles. The van der Waals surface area contributed by atoms with E-state index in [0.717, 1.165) is 6.42 Å². The average Bonchev–Trinajstić information content (AvgIpc) is 2.56. The maximum atomic E-state index is 13.5. The van der Waals surface area contributed by atoms with Gasteiger partial charge < -0.3 is 4.90 Å². The average molecular weight is 375 g/mol. The molecule has 2 amide bonds. The molecule has 0 aromatic carbocycles. The Hall–Kier alpha value is -0.920. The largest absolute Gasteiger partial charge is 0.340 e. The molecule has 2 N–H and O–H groups in total. The van der Waals surface area contributed by atoms with Gasteiger partial charge in [-0.05, 0) is 38.0 Å². The van der Waals surface area contributed by atoms with E-state index in [0.29, 0.717) is 44.3 Å². The monoisotopic (exact) mass is 374 g/mol. The number of piperazine rings is 1. The lowest BCUT2D eigenvalue weighted by Gasteiger charge is -2.46. The third-order valence-corrected chi connectivity index (χ3v) is 6.49. The molecule has 142 valence electrons. The van der Waals surface area contributed by atoms with Crippen LogP contribution < -0.4 is 10.9 Å². The van der Waals surface area contributed by atoms with Crippen LogP contribution >= 0.6 is 11.6 Å². The predicted molar refractivity (Wildman–Crippen MR) is 93.7 cm³/mol. The number of halogens is 2. The Kier molecular flexibility index (Phi) is 5.85. The van der Waals surface area contributed by atoms with Crippen LogP contribution in [0.25, 0.3) is 0 Å². The Morgan fingerprint density at radius 1 is 1.28 bits per heavy atom. The molecule has 2 saturated heterocycles. The molecular formula is C17H28ClFN4O2. The van der Waals surface area contributed by atoms with Gasteiger partial charge in [0.1, 0.15) is 11.5 Å². The topological polar surface area (TPSA) is 64.7 Å². The number of rotatable bonds is 3. The maximum Gasteiger partial charge on any atom is 0.253 e. The van der Waals surface area contributed by atoms with E-state index in [2.05, 4.69) is 24.7 Å². The Morgan fingerprint density at radius 3 is 2.76 bits per heavy atom. The molecule has 8 heteroatoms. The zero-order valence-electron chi connectivity index (χ0n) is 14.9. The summed E-state index contributed by atoms with van der Waals surface area (Å²) in [6.45, 7) is 6.29. The van der Waals surface area contributed by atoms with E-state index in [9.17, 15) is 14.0 Å². The maximum absolute atomic E-state index is 13.5. The zero-order chi connectivity index (χ0) is 18.1. The number of carbonyl (C=O) groups is 2. The van der Waals surface area contributed by atoms with Crippen LogP contribution in [-0.4, -0.2) is 71.4 Å². The summed E-state index contributed by atoms with van der Waals surface area (Å²) >= 11 is 6.25. The minimum absolute atomic E-state index is 0.0718. The van der Waals surface area contributed by atoms with E-state index in [4.69, 9.17) is 11.6 Å². The fourth-order valence-electron chi connectivity index (χ4n) is 4.38. The molecule has 0 bridgehead atoms. The number of alkyl halides is 2. The molecule has 0 radical (unpaired) electrons. The van der Waals surface area contributed by atoms with Crippen LogP contribution in [0.3, 0.4) is 0 Å². The van der Waals surface area contributed by atoms with E-state index in [-0.39, 0.29) is 30.4 Å². The summed E-state index contributed by atoms with van der Waals surface area (Å²) in [6, 6.07) is -0.0677. The third-order valence-electron chi connectivity index (χ3n) is 6.00. The highest BCUT2D eigenvalue weighted by atomic mass is 35.5. The molecule has 3 rings (SSSR count). The summed E-state index contributed by atoms with van der Waals surface area (Å²) in [7, 11) is 0. The minimum atomic E-state index is -0.691. The van der Waals surface area contributed by atoms with Crippen molar-refractivity contribution >= 4 is 23.4 Å². The predicted octanol–water partition coefficient (Wildman–Crippen LogP) is 0.904. The van der Waals surface area contributed by atoms with Crippen molar-refractivity contribution < 1.29 is 14.0 Å². The van der Waals surface area contributed by atoms with Gasteiger partial charge in [0.05, 0.1) is 12.6 Å². The summed E-state index contributed by atoms with van der Waals surface area (Å²) in [5.41, 5.74) is 5.37. The second-order valence-corrected chi connectivity index (χ2v) is 8.28. The van der Waals surface area contributed by atoms with Gasteiger partial charge in [-0.1, -0.05) is 6.92 Å². The van der Waals surface area contributed by atoms with Crippen molar-refractivity contribution in [2.24, 2.45) is 11.8 Å². The Bertz CT molecular complexity index is 523. The van der Waals surface area contributed by atoms with Gasteiger partial charge in [0, 0.05) is 25.7 Å². The Balaban J connectivity index is 1.60. The van der Waals surface area contributed by atoms with Crippen LogP contribution in [0, 0.1) is 11.8 Å². The molecule has 6 atom stereocenters. The van der Waals surface area contributed by atoms with Gasteiger partial charge in [0.25, 0.3) is 5.91 Å². The summed E-state index contributed by atoms with van der Waals surface area (Å²) in [6.07, 6.45) is 1.37. The molecule has 2 heterocycles. The summed E-state index contributed by atoms with van der Waals surface area (Å²) in [4.78, 5) is 28.4. The first-order valence-electron chi connectivity index (χ1n) is 9.21. The van der Waals surface area contributed by atoms with E-state index in [1.165, 1.54) is 0 Å². The molecule has 0 spiro atoms. The summed E-state index contributed by atoms with van der Waals surface area (Å²) < 4.78 is 13.5. The molecule has 1 saturated carbocycles. The van der Waals surface area contributed by atoms with Crippen LogP contribution in [-0.2, 0) is 9.59 Å². The number of amides is 2. The van der Waals surface area contributed by atoms with Gasteiger partial charge >= 0.3 is 0 Å². The molecule has 2 aliphatic heterocycles. The van der Waals surface area contributed by atoms with E-state index in [1.54, 1.807) is 0 Å². The molecule has 6 nitrogen and oxygen atoms in total. The smallest absolute Gasteiger partial charge is 0.253 e. The fourth-order valence-corrected chi connectivity index (χ4v) is 4.67. The highest BCUT2D eigenvalue weighted by Gasteiger charge is 2.41. The van der Waals surface area contributed by atoms with E-state index in [1.807, 2.05) is 9.80 Å². The molecule has 3 aliphatic rings. The van der Waals surface area contributed by atoms with Crippen molar-refractivity contribution in [2.75, 3.05) is 26.2 Å². The van der Waals surface area contributed by atoms with Crippen molar-refractivity contribution in [2.45, 2.75) is 56.7 Å². The van der Waals surface area contributed by atoms with E-state index < -0.39 is 11.5 Å². The molecule has 0 aromatic rings. The Morgan fingerprint density at radius 2 is 2.04 bits per heavy atom. The van der Waals surface area contributed by atoms with Crippen LogP contribution in [0.2, 0.25) is 0 Å². The number of carbonyl (C=O) groups excluding carboxylic acids is 2. The SMILES string of the molecule is CC1CC(F)CCC1CN1C[C@@H](C)N(C2CNNC(=O)C2Cl)CC1=O. The lowest BCUT2D eigenvalue weighted by atomic mass is 9.79. The lowest BCUT2D eigenvalue weighted by Crippen LogP contribution is -2.67. The fraction of sp³-hybridized carbons (Fsp3) is 0.882. The first-order chi connectivity index (χ1) is 11.9. The van der Waals surface area contributed by atoms with Gasteiger partial charge in [-0.2, -0.15) is 0 Å². The van der Waals surface area contributed by atoms with Crippen LogP contribution in [0.15, 0.2) is 0 Å². The number of nitrogens with zero attached hydrogens (tertiary/aromatic N) is 2. The second-order valence-electron chi connectivity index (χ2n) is 7.81. The first kappa shape index (κ1) is 18.9. The Labute approximate surface area is 153 Å². The van der Waals surface area contributed by atoms with Crippen LogP contribution in [0.4, 0.5) is 4.39 Å². The van der Waals surface area contributed by atoms with Crippen LogP contribution in [0.5, 0.6) is 0 Å². The highest BCUT2D eigenvalue weighted by Crippen LogP contribution is 2.33. The minimum Gasteiger partial charge on any atom is -0.340 e. The van der Waals surface area contributed by atoms with Crippen molar-refractivity contribution in [1.82, 2.24) is 20.7 Å². The van der Waals surface area contributed by atoms with Crippen molar-refractivity contribution in [1.29, 1.82) is 0 Å². The lowest BCUT2D eigenvalue weighted by molar-refractivity contribution is -0.142. The molecule has 0 aromatic heterocycles. The molecule has 25 heavy (non-hydrogen) atoms. The summed E-state index contributed by atoms with van der Waals surface area (Å²) in [5.74, 6) is 0.500. The highest BCUT2D eigenvalue weighted by molar-refractivity contribution is 6.31. The first-order valence-corrected chi connectivity index (χ1v) is 9.64. The summed E-state index contributed by atoms with van der Waals surface area (Å²) in [5, 5.41) is -0.664. The number of hydrogen-bond acceptors (Lipinski definition) is 4. The number of hydrazine groups is 1. The normalized spacial score (nSPS) is 40.9. The van der Waals surface area contributed by atoms with Crippen LogP contribution in [0.1, 0.15) is 33.1 Å². The second kappa shape index (κ2) is 7.76.